The van der Waals surface area contributed by atoms with Crippen molar-refractivity contribution in [1.29, 1.82) is 0 Å². The number of carbonyl (C=O) groups is 1. The summed E-state index contributed by atoms with van der Waals surface area (Å²) < 4.78 is 12.5. The van der Waals surface area contributed by atoms with Crippen molar-refractivity contribution in [2.24, 2.45) is 5.73 Å². The van der Waals surface area contributed by atoms with Gasteiger partial charge in [0.2, 0.25) is 0 Å². The summed E-state index contributed by atoms with van der Waals surface area (Å²) in [5.41, 5.74) is 8.19. The van der Waals surface area contributed by atoms with E-state index in [1.165, 1.54) is 0 Å². The van der Waals surface area contributed by atoms with E-state index in [0.29, 0.717) is 19.6 Å². The molecule has 2 rings (SSSR count). The smallest absolute Gasteiger partial charge is 0.303 e. The molecule has 1 heterocycles. The van der Waals surface area contributed by atoms with Crippen LogP contribution in [0.5, 0.6) is 11.5 Å². The molecule has 1 atom stereocenters. The Morgan fingerprint density at radius 2 is 2.05 bits per heavy atom. The predicted octanol–water partition coefficient (Wildman–Crippen LogP) is 3.60. The van der Waals surface area contributed by atoms with E-state index in [2.05, 4.69) is 29.8 Å². The second-order valence-electron chi connectivity index (χ2n) is 5.76. The topological polar surface area (TPSA) is 81.8 Å². The fraction of sp³-hybridized carbons (Fsp3) is 0.562. The second kappa shape index (κ2) is 7.33. The zero-order valence-corrected chi connectivity index (χ0v) is 14.5. The molecule has 0 fully saturated rings. The van der Waals surface area contributed by atoms with Crippen LogP contribution < -0.4 is 15.2 Å². The number of hydrogen-bond acceptors (Lipinski definition) is 4. The number of ether oxygens (including phenoxy) is 2. The van der Waals surface area contributed by atoms with Crippen LogP contribution in [-0.2, 0) is 4.79 Å². The van der Waals surface area contributed by atoms with Crippen molar-refractivity contribution < 1.29 is 19.4 Å². The number of fused-ring (bicyclic) bond motifs is 1. The fourth-order valence-corrected chi connectivity index (χ4v) is 3.40. The summed E-state index contributed by atoms with van der Waals surface area (Å²) in [6.45, 7) is 5.38. The summed E-state index contributed by atoms with van der Waals surface area (Å²) >= 11 is 3.56. The van der Waals surface area contributed by atoms with Crippen molar-refractivity contribution in [3.05, 3.63) is 21.7 Å². The SMILES string of the molecule is CC(C)c1c2c(cc(Br)c1C(N)CCC(=O)O)OCCCO2. The minimum atomic E-state index is -0.841. The molecule has 1 aliphatic rings. The molecule has 0 radical (unpaired) electrons. The maximum absolute atomic E-state index is 10.8. The van der Waals surface area contributed by atoms with E-state index < -0.39 is 5.97 Å². The van der Waals surface area contributed by atoms with Crippen molar-refractivity contribution in [3.63, 3.8) is 0 Å². The maximum atomic E-state index is 10.8. The molecule has 122 valence electrons. The lowest BCUT2D eigenvalue weighted by Crippen LogP contribution is -2.17. The Labute approximate surface area is 138 Å². The molecular weight excluding hydrogens is 350 g/mol. The van der Waals surface area contributed by atoms with E-state index in [1.807, 2.05) is 6.07 Å². The highest BCUT2D eigenvalue weighted by molar-refractivity contribution is 9.10. The number of carboxylic acids is 1. The number of halogens is 1. The fourth-order valence-electron chi connectivity index (χ4n) is 2.69. The molecule has 3 N–H and O–H groups in total. The highest BCUT2D eigenvalue weighted by Crippen LogP contribution is 2.45. The van der Waals surface area contributed by atoms with Crippen molar-refractivity contribution in [2.75, 3.05) is 13.2 Å². The maximum Gasteiger partial charge on any atom is 0.303 e. The van der Waals surface area contributed by atoms with Gasteiger partial charge in [-0.3, -0.25) is 4.79 Å². The minimum Gasteiger partial charge on any atom is -0.490 e. The lowest BCUT2D eigenvalue weighted by atomic mass is 9.90. The van der Waals surface area contributed by atoms with Gasteiger partial charge in [0.25, 0.3) is 0 Å². The van der Waals surface area contributed by atoms with Gasteiger partial charge in [0, 0.05) is 28.9 Å². The quantitative estimate of drug-likeness (QED) is 0.825. The molecule has 5 nitrogen and oxygen atoms in total. The van der Waals surface area contributed by atoms with E-state index >= 15 is 0 Å². The Morgan fingerprint density at radius 1 is 1.36 bits per heavy atom. The van der Waals surface area contributed by atoms with Crippen LogP contribution in [0, 0.1) is 0 Å². The molecule has 6 heteroatoms. The number of carboxylic acid groups (broad SMARTS) is 1. The molecule has 1 unspecified atom stereocenters. The average molecular weight is 372 g/mol. The van der Waals surface area contributed by atoms with Gasteiger partial charge in [0.1, 0.15) is 0 Å². The Balaban J connectivity index is 2.48. The monoisotopic (exact) mass is 371 g/mol. The summed E-state index contributed by atoms with van der Waals surface area (Å²) in [6, 6.07) is 1.52. The summed E-state index contributed by atoms with van der Waals surface area (Å²) in [4.78, 5) is 10.8. The van der Waals surface area contributed by atoms with E-state index in [1.54, 1.807) is 0 Å². The predicted molar refractivity (Wildman–Crippen MR) is 87.6 cm³/mol. The zero-order chi connectivity index (χ0) is 16.3. The van der Waals surface area contributed by atoms with E-state index in [0.717, 1.165) is 33.5 Å². The van der Waals surface area contributed by atoms with Crippen LogP contribution >= 0.6 is 15.9 Å². The van der Waals surface area contributed by atoms with E-state index in [4.69, 9.17) is 20.3 Å². The molecule has 0 aromatic heterocycles. The van der Waals surface area contributed by atoms with E-state index in [-0.39, 0.29) is 18.4 Å². The molecule has 0 saturated heterocycles. The van der Waals surface area contributed by atoms with Crippen LogP contribution in [0.3, 0.4) is 0 Å². The van der Waals surface area contributed by atoms with Gasteiger partial charge in [-0.25, -0.2) is 0 Å². The lowest BCUT2D eigenvalue weighted by molar-refractivity contribution is -0.137. The minimum absolute atomic E-state index is 0.0413. The van der Waals surface area contributed by atoms with Crippen molar-refractivity contribution >= 4 is 21.9 Å². The first-order valence-corrected chi connectivity index (χ1v) is 8.30. The lowest BCUT2D eigenvalue weighted by Gasteiger charge is -2.24. The first-order valence-electron chi connectivity index (χ1n) is 7.51. The summed E-state index contributed by atoms with van der Waals surface area (Å²) in [5, 5.41) is 8.87. The molecule has 0 bridgehead atoms. The first-order chi connectivity index (χ1) is 10.4. The van der Waals surface area contributed by atoms with Crippen LogP contribution in [0.15, 0.2) is 10.5 Å². The molecule has 0 saturated carbocycles. The van der Waals surface area contributed by atoms with Crippen LogP contribution in [0.25, 0.3) is 0 Å². The van der Waals surface area contributed by atoms with Crippen molar-refractivity contribution in [1.82, 2.24) is 0 Å². The first kappa shape index (κ1) is 17.1. The molecule has 1 aliphatic heterocycles. The third-order valence-corrected chi connectivity index (χ3v) is 4.34. The second-order valence-corrected chi connectivity index (χ2v) is 6.61. The largest absolute Gasteiger partial charge is 0.490 e. The number of hydrogen-bond donors (Lipinski definition) is 2. The van der Waals surface area contributed by atoms with Crippen molar-refractivity contribution in [3.8, 4) is 11.5 Å². The summed E-state index contributed by atoms with van der Waals surface area (Å²) in [6.07, 6.45) is 1.26. The van der Waals surface area contributed by atoms with Crippen LogP contribution in [0.1, 0.15) is 56.2 Å². The Morgan fingerprint density at radius 3 is 2.68 bits per heavy atom. The van der Waals surface area contributed by atoms with Gasteiger partial charge >= 0.3 is 5.97 Å². The molecule has 0 spiro atoms. The third-order valence-electron chi connectivity index (χ3n) is 3.68. The zero-order valence-electron chi connectivity index (χ0n) is 12.9. The van der Waals surface area contributed by atoms with Crippen molar-refractivity contribution in [2.45, 2.75) is 45.1 Å². The van der Waals surface area contributed by atoms with Crippen LogP contribution in [0.2, 0.25) is 0 Å². The summed E-state index contributed by atoms with van der Waals surface area (Å²) in [5.74, 6) is 0.824. The standard InChI is InChI=1S/C16H22BrNO4/c1-9(2)14-15(11(18)4-5-13(19)20)10(17)8-12-16(14)22-7-3-6-21-12/h8-9,11H,3-7,18H2,1-2H3,(H,19,20). The van der Waals surface area contributed by atoms with Gasteiger partial charge in [-0.15, -0.1) is 0 Å². The van der Waals surface area contributed by atoms with Gasteiger partial charge in [-0.2, -0.15) is 0 Å². The number of rotatable bonds is 5. The average Bonchev–Trinajstić information content (AvgIpc) is 2.67. The molecule has 1 aromatic carbocycles. The highest BCUT2D eigenvalue weighted by Gasteiger charge is 2.26. The Hall–Kier alpha value is -1.27. The molecule has 0 amide bonds. The molecule has 1 aromatic rings. The normalized spacial score (nSPS) is 15.5. The molecule has 0 aliphatic carbocycles. The van der Waals surface area contributed by atoms with Gasteiger partial charge in [-0.1, -0.05) is 29.8 Å². The highest BCUT2D eigenvalue weighted by atomic mass is 79.9. The van der Waals surface area contributed by atoms with Crippen LogP contribution in [-0.4, -0.2) is 24.3 Å². The Kier molecular flexibility index (Phi) is 5.69. The summed E-state index contributed by atoms with van der Waals surface area (Å²) in [7, 11) is 0. The third kappa shape index (κ3) is 3.73. The van der Waals surface area contributed by atoms with Gasteiger partial charge in [-0.05, 0) is 24.0 Å². The number of aliphatic carboxylic acids is 1. The number of benzene rings is 1. The van der Waals surface area contributed by atoms with E-state index in [9.17, 15) is 4.79 Å². The van der Waals surface area contributed by atoms with Gasteiger partial charge < -0.3 is 20.3 Å². The Bertz CT molecular complexity index is 560. The van der Waals surface area contributed by atoms with Gasteiger partial charge in [0.05, 0.1) is 13.2 Å². The van der Waals surface area contributed by atoms with Gasteiger partial charge in [0.15, 0.2) is 11.5 Å². The molecular formula is C16H22BrNO4. The molecule has 22 heavy (non-hydrogen) atoms. The van der Waals surface area contributed by atoms with Crippen LogP contribution in [0.4, 0.5) is 0 Å². The number of nitrogens with two attached hydrogens (primary N) is 1.